The second-order valence-corrected chi connectivity index (χ2v) is 5.22. The van der Waals surface area contributed by atoms with Crippen molar-refractivity contribution in [3.63, 3.8) is 0 Å². The number of esters is 1. The molecule has 0 radical (unpaired) electrons. The van der Waals surface area contributed by atoms with Crippen LogP contribution in [-0.4, -0.2) is 46.5 Å². The molecule has 10 heteroatoms. The first-order valence-corrected chi connectivity index (χ1v) is 7.66. The van der Waals surface area contributed by atoms with Gasteiger partial charge in [0.1, 0.15) is 12.1 Å². The average molecular weight is 396 g/mol. The van der Waals surface area contributed by atoms with Crippen LogP contribution < -0.4 is 10.2 Å². The lowest BCUT2D eigenvalue weighted by Gasteiger charge is -2.09. The molecule has 1 amide bonds. The van der Waals surface area contributed by atoms with Crippen LogP contribution in [0.1, 0.15) is 23.1 Å². The second kappa shape index (κ2) is 8.77. The predicted octanol–water partition coefficient (Wildman–Crippen LogP) is 1.27. The molecule has 2 aromatic rings. The molecule has 1 aromatic carbocycles. The first kappa shape index (κ1) is 17.6. The monoisotopic (exact) mass is 395 g/mol. The van der Waals surface area contributed by atoms with E-state index in [0.29, 0.717) is 11.3 Å². The van der Waals surface area contributed by atoms with E-state index in [2.05, 4.69) is 41.6 Å². The van der Waals surface area contributed by atoms with Gasteiger partial charge in [0.2, 0.25) is 5.82 Å². The fourth-order valence-corrected chi connectivity index (χ4v) is 2.00. The van der Waals surface area contributed by atoms with Gasteiger partial charge in [0.15, 0.2) is 6.61 Å². The molecule has 0 unspecified atom stereocenters. The molecule has 24 heavy (non-hydrogen) atoms. The number of amides is 1. The van der Waals surface area contributed by atoms with Gasteiger partial charge in [-0.2, -0.15) is 10.2 Å². The van der Waals surface area contributed by atoms with Crippen LogP contribution >= 0.6 is 15.9 Å². The highest BCUT2D eigenvalue weighted by molar-refractivity contribution is 9.10. The Kier molecular flexibility index (Phi) is 6.43. The fraction of sp³-hybridized carbons (Fsp3) is 0.214. The number of nitrogens with one attached hydrogen (secondary N) is 2. The summed E-state index contributed by atoms with van der Waals surface area (Å²) in [5.74, 6) is -0.543. The molecule has 0 aliphatic rings. The molecular weight excluding hydrogens is 382 g/mol. The molecule has 0 aliphatic carbocycles. The summed E-state index contributed by atoms with van der Waals surface area (Å²) in [4.78, 5) is 26.7. The van der Waals surface area contributed by atoms with Gasteiger partial charge in [-0.25, -0.2) is 15.2 Å². The minimum Gasteiger partial charge on any atom is -0.481 e. The van der Waals surface area contributed by atoms with E-state index in [1.807, 2.05) is 0 Å². The van der Waals surface area contributed by atoms with Crippen LogP contribution in [0.25, 0.3) is 0 Å². The summed E-state index contributed by atoms with van der Waals surface area (Å²) in [6.45, 7) is 1.78. The number of hydrogen-bond acceptors (Lipinski definition) is 7. The Morgan fingerprint density at radius 3 is 3.00 bits per heavy atom. The van der Waals surface area contributed by atoms with Crippen molar-refractivity contribution in [2.45, 2.75) is 6.92 Å². The van der Waals surface area contributed by atoms with Gasteiger partial charge in [-0.15, -0.1) is 0 Å². The molecule has 0 spiro atoms. The quantitative estimate of drug-likeness (QED) is 0.414. The standard InChI is InChI=1S/C14H14BrN5O4/c1-2-23-12(21)7-24-11-4-3-10(15)5-9(11)6-17-20-14(22)13-16-8-18-19-13/h3-6,8H,2,7H2,1H3,(H,20,22)(H,16,18,19). The maximum absolute atomic E-state index is 11.7. The molecule has 9 nitrogen and oxygen atoms in total. The number of rotatable bonds is 7. The highest BCUT2D eigenvalue weighted by Crippen LogP contribution is 2.21. The Bertz CT molecular complexity index is 733. The summed E-state index contributed by atoms with van der Waals surface area (Å²) >= 11 is 3.33. The van der Waals surface area contributed by atoms with Crippen LogP contribution in [0.2, 0.25) is 0 Å². The van der Waals surface area contributed by atoms with Crippen molar-refractivity contribution in [3.8, 4) is 5.75 Å². The Balaban J connectivity index is 2.02. The highest BCUT2D eigenvalue weighted by atomic mass is 79.9. The van der Waals surface area contributed by atoms with Gasteiger partial charge in [-0.1, -0.05) is 15.9 Å². The van der Waals surface area contributed by atoms with E-state index in [4.69, 9.17) is 9.47 Å². The molecule has 1 heterocycles. The number of H-pyrrole nitrogens is 1. The van der Waals surface area contributed by atoms with Gasteiger partial charge in [-0.05, 0) is 25.1 Å². The third-order valence-corrected chi connectivity index (χ3v) is 3.12. The summed E-state index contributed by atoms with van der Waals surface area (Å²) in [6.07, 6.45) is 2.60. The van der Waals surface area contributed by atoms with Crippen LogP contribution in [0.3, 0.4) is 0 Å². The molecule has 0 saturated carbocycles. The SMILES string of the molecule is CCOC(=O)COc1ccc(Br)cc1C=NNC(=O)c1ncn[nH]1. The Morgan fingerprint density at radius 1 is 1.46 bits per heavy atom. The number of halogens is 1. The molecule has 0 atom stereocenters. The zero-order valence-corrected chi connectivity index (χ0v) is 14.2. The maximum atomic E-state index is 11.7. The minimum absolute atomic E-state index is 0.0418. The van der Waals surface area contributed by atoms with Crippen LogP contribution in [-0.2, 0) is 9.53 Å². The molecule has 1 aromatic heterocycles. The van der Waals surface area contributed by atoms with Gasteiger partial charge in [0, 0.05) is 10.0 Å². The fourth-order valence-electron chi connectivity index (χ4n) is 1.62. The smallest absolute Gasteiger partial charge is 0.344 e. The van der Waals surface area contributed by atoms with E-state index < -0.39 is 11.9 Å². The van der Waals surface area contributed by atoms with E-state index in [1.54, 1.807) is 25.1 Å². The Labute approximate surface area is 145 Å². The molecule has 126 valence electrons. The van der Waals surface area contributed by atoms with E-state index in [-0.39, 0.29) is 19.0 Å². The molecule has 2 rings (SSSR count). The predicted molar refractivity (Wildman–Crippen MR) is 87.7 cm³/mol. The van der Waals surface area contributed by atoms with Crippen molar-refractivity contribution >= 4 is 34.0 Å². The van der Waals surface area contributed by atoms with E-state index >= 15 is 0 Å². The number of aromatic nitrogens is 3. The van der Waals surface area contributed by atoms with Crippen LogP contribution in [0.4, 0.5) is 0 Å². The van der Waals surface area contributed by atoms with E-state index in [9.17, 15) is 9.59 Å². The number of carbonyl (C=O) groups excluding carboxylic acids is 2. The number of hydrazone groups is 1. The van der Waals surface area contributed by atoms with Crippen molar-refractivity contribution in [3.05, 3.63) is 40.4 Å². The average Bonchev–Trinajstić information content (AvgIpc) is 3.09. The second-order valence-electron chi connectivity index (χ2n) is 4.31. The maximum Gasteiger partial charge on any atom is 0.344 e. The van der Waals surface area contributed by atoms with Gasteiger partial charge in [0.25, 0.3) is 0 Å². The van der Waals surface area contributed by atoms with Gasteiger partial charge in [-0.3, -0.25) is 9.89 Å². The first-order valence-electron chi connectivity index (χ1n) is 6.87. The van der Waals surface area contributed by atoms with Crippen molar-refractivity contribution < 1.29 is 19.1 Å². The molecular formula is C14H14BrN5O4. The summed E-state index contributed by atoms with van der Waals surface area (Å²) in [5.41, 5.74) is 2.86. The lowest BCUT2D eigenvalue weighted by molar-refractivity contribution is -0.145. The van der Waals surface area contributed by atoms with Gasteiger partial charge < -0.3 is 9.47 Å². The Hall–Kier alpha value is -2.75. The molecule has 0 bridgehead atoms. The minimum atomic E-state index is -0.535. The first-order chi connectivity index (χ1) is 11.6. The summed E-state index contributed by atoms with van der Waals surface area (Å²) in [6, 6.07) is 5.15. The topological polar surface area (TPSA) is 119 Å². The molecule has 0 aliphatic heterocycles. The molecule has 2 N–H and O–H groups in total. The van der Waals surface area contributed by atoms with Crippen LogP contribution in [0.15, 0.2) is 34.1 Å². The van der Waals surface area contributed by atoms with Crippen molar-refractivity contribution in [1.82, 2.24) is 20.6 Å². The van der Waals surface area contributed by atoms with Gasteiger partial charge >= 0.3 is 11.9 Å². The third-order valence-electron chi connectivity index (χ3n) is 2.62. The van der Waals surface area contributed by atoms with Gasteiger partial charge in [0.05, 0.1) is 12.8 Å². The van der Waals surface area contributed by atoms with Crippen molar-refractivity contribution in [2.75, 3.05) is 13.2 Å². The summed E-state index contributed by atoms with van der Waals surface area (Å²) in [7, 11) is 0. The number of carbonyl (C=O) groups is 2. The van der Waals surface area contributed by atoms with E-state index in [1.165, 1.54) is 12.5 Å². The number of hydrogen-bond donors (Lipinski definition) is 2. The van der Waals surface area contributed by atoms with Crippen LogP contribution in [0, 0.1) is 0 Å². The number of benzene rings is 1. The lowest BCUT2D eigenvalue weighted by atomic mass is 10.2. The summed E-state index contributed by atoms with van der Waals surface area (Å²) < 4.78 is 11.0. The highest BCUT2D eigenvalue weighted by Gasteiger charge is 2.09. The lowest BCUT2D eigenvalue weighted by Crippen LogP contribution is -2.19. The largest absolute Gasteiger partial charge is 0.481 e. The summed E-state index contributed by atoms with van der Waals surface area (Å²) in [5, 5.41) is 9.83. The number of ether oxygens (including phenoxy) is 2. The molecule has 0 saturated heterocycles. The number of nitrogens with zero attached hydrogens (tertiary/aromatic N) is 3. The van der Waals surface area contributed by atoms with Crippen molar-refractivity contribution in [2.24, 2.45) is 5.10 Å². The Morgan fingerprint density at radius 2 is 2.29 bits per heavy atom. The third kappa shape index (κ3) is 5.16. The molecule has 0 fully saturated rings. The number of aromatic amines is 1. The zero-order valence-electron chi connectivity index (χ0n) is 12.7. The zero-order chi connectivity index (χ0) is 17.4. The van der Waals surface area contributed by atoms with Crippen molar-refractivity contribution in [1.29, 1.82) is 0 Å². The normalized spacial score (nSPS) is 10.6. The van der Waals surface area contributed by atoms with Crippen LogP contribution in [0.5, 0.6) is 5.75 Å². The van der Waals surface area contributed by atoms with E-state index in [0.717, 1.165) is 4.47 Å².